The van der Waals surface area contributed by atoms with Crippen molar-refractivity contribution in [3.8, 4) is 0 Å². The quantitative estimate of drug-likeness (QED) is 0.687. The Morgan fingerprint density at radius 3 is 2.76 bits per heavy atom. The van der Waals surface area contributed by atoms with Gasteiger partial charge in [-0.05, 0) is 35.0 Å². The Kier molecular flexibility index (Phi) is 5.02. The minimum Gasteiger partial charge on any atom is -0.466 e. The van der Waals surface area contributed by atoms with E-state index >= 15 is 0 Å². The Labute approximate surface area is 106 Å². The van der Waals surface area contributed by atoms with Crippen molar-refractivity contribution in [3.05, 3.63) is 33.8 Å². The molecule has 0 radical (unpaired) electrons. The summed E-state index contributed by atoms with van der Waals surface area (Å²) < 4.78 is 31.5. The molecule has 0 fully saturated rings. The van der Waals surface area contributed by atoms with E-state index in [0.717, 1.165) is 6.07 Å². The molecule has 0 bridgehead atoms. The van der Waals surface area contributed by atoms with Crippen LogP contribution in [0.15, 0.2) is 16.6 Å². The molecule has 1 rings (SSSR count). The number of hydrogen-bond acceptors (Lipinski definition) is 3. The van der Waals surface area contributed by atoms with Crippen LogP contribution in [0.2, 0.25) is 0 Å². The Morgan fingerprint density at radius 2 is 2.18 bits per heavy atom. The van der Waals surface area contributed by atoms with E-state index in [9.17, 15) is 18.7 Å². The highest BCUT2D eigenvalue weighted by molar-refractivity contribution is 9.10. The van der Waals surface area contributed by atoms with Gasteiger partial charge in [0.25, 0.3) is 0 Å². The van der Waals surface area contributed by atoms with Gasteiger partial charge >= 0.3 is 5.97 Å². The lowest BCUT2D eigenvalue weighted by Crippen LogP contribution is -2.12. The van der Waals surface area contributed by atoms with E-state index in [1.54, 1.807) is 6.92 Å². The van der Waals surface area contributed by atoms with Crippen molar-refractivity contribution < 1.29 is 23.4 Å². The molecule has 0 aliphatic carbocycles. The second-order valence-electron chi connectivity index (χ2n) is 3.28. The smallest absolute Gasteiger partial charge is 0.308 e. The third-order valence-corrected chi connectivity index (χ3v) is 2.69. The summed E-state index contributed by atoms with van der Waals surface area (Å²) in [6, 6.07) is 2.20. The standard InChI is InChI=1S/C11H11BrF2O3/c1-2-17-9(16)5-8(15)10-7(13)4-3-6(12)11(10)14/h3-4,8,15H,2,5H2,1H3. The molecule has 0 spiro atoms. The van der Waals surface area contributed by atoms with Crippen molar-refractivity contribution in [1.29, 1.82) is 0 Å². The Morgan fingerprint density at radius 1 is 1.53 bits per heavy atom. The van der Waals surface area contributed by atoms with E-state index < -0.39 is 35.7 Å². The molecule has 94 valence electrons. The Bertz CT molecular complexity index is 423. The lowest BCUT2D eigenvalue weighted by Gasteiger charge is -2.12. The first kappa shape index (κ1) is 14.1. The first-order chi connectivity index (χ1) is 7.97. The number of hydrogen-bond donors (Lipinski definition) is 1. The SMILES string of the molecule is CCOC(=O)CC(O)c1c(F)ccc(Br)c1F. The molecule has 17 heavy (non-hydrogen) atoms. The zero-order chi connectivity index (χ0) is 13.0. The fourth-order valence-corrected chi connectivity index (χ4v) is 1.67. The van der Waals surface area contributed by atoms with Crippen LogP contribution in [0.1, 0.15) is 25.0 Å². The van der Waals surface area contributed by atoms with E-state index in [-0.39, 0.29) is 11.1 Å². The minimum atomic E-state index is -1.56. The molecule has 1 N–H and O–H groups in total. The maximum atomic E-state index is 13.6. The van der Waals surface area contributed by atoms with Gasteiger partial charge in [0.05, 0.1) is 29.2 Å². The number of benzene rings is 1. The largest absolute Gasteiger partial charge is 0.466 e. The third kappa shape index (κ3) is 3.47. The van der Waals surface area contributed by atoms with Crippen LogP contribution in [0.4, 0.5) is 8.78 Å². The molecule has 0 saturated heterocycles. The van der Waals surface area contributed by atoms with Crippen molar-refractivity contribution in [1.82, 2.24) is 0 Å². The first-order valence-electron chi connectivity index (χ1n) is 4.94. The molecule has 0 aromatic heterocycles. The van der Waals surface area contributed by atoms with Crippen molar-refractivity contribution >= 4 is 21.9 Å². The molecule has 0 amide bonds. The van der Waals surface area contributed by atoms with Crippen LogP contribution in [0.3, 0.4) is 0 Å². The van der Waals surface area contributed by atoms with Gasteiger partial charge in [-0.15, -0.1) is 0 Å². The average Bonchev–Trinajstić information content (AvgIpc) is 2.24. The molecular formula is C11H11BrF2O3. The van der Waals surface area contributed by atoms with E-state index in [1.807, 2.05) is 0 Å². The van der Waals surface area contributed by atoms with E-state index in [1.165, 1.54) is 6.07 Å². The minimum absolute atomic E-state index is 0.0248. The van der Waals surface area contributed by atoms with Crippen LogP contribution in [0.5, 0.6) is 0 Å². The second-order valence-corrected chi connectivity index (χ2v) is 4.14. The van der Waals surface area contributed by atoms with Crippen LogP contribution in [0, 0.1) is 11.6 Å². The summed E-state index contributed by atoms with van der Waals surface area (Å²) in [5.41, 5.74) is -0.535. The average molecular weight is 309 g/mol. The molecule has 0 aliphatic heterocycles. The van der Waals surface area contributed by atoms with Crippen LogP contribution in [-0.4, -0.2) is 17.7 Å². The van der Waals surface area contributed by atoms with Gasteiger partial charge in [-0.25, -0.2) is 8.78 Å². The van der Waals surface area contributed by atoms with Gasteiger partial charge in [0, 0.05) is 0 Å². The second kappa shape index (κ2) is 6.07. The molecular weight excluding hydrogens is 298 g/mol. The van der Waals surface area contributed by atoms with Crippen LogP contribution in [0.25, 0.3) is 0 Å². The van der Waals surface area contributed by atoms with E-state index in [4.69, 9.17) is 0 Å². The number of esters is 1. The first-order valence-corrected chi connectivity index (χ1v) is 5.73. The monoisotopic (exact) mass is 308 g/mol. The highest BCUT2D eigenvalue weighted by Gasteiger charge is 2.22. The Hall–Kier alpha value is -1.01. The van der Waals surface area contributed by atoms with Crippen LogP contribution >= 0.6 is 15.9 Å². The molecule has 1 atom stereocenters. The lowest BCUT2D eigenvalue weighted by atomic mass is 10.1. The number of aliphatic hydroxyl groups is 1. The molecule has 1 unspecified atom stereocenters. The zero-order valence-corrected chi connectivity index (χ0v) is 10.6. The third-order valence-electron chi connectivity index (χ3n) is 2.08. The highest BCUT2D eigenvalue weighted by atomic mass is 79.9. The summed E-state index contributed by atoms with van der Waals surface area (Å²) in [6.45, 7) is 1.75. The number of ether oxygens (including phenoxy) is 1. The predicted molar refractivity (Wildman–Crippen MR) is 60.3 cm³/mol. The normalized spacial score (nSPS) is 12.3. The lowest BCUT2D eigenvalue weighted by molar-refractivity contribution is -0.145. The van der Waals surface area contributed by atoms with Gasteiger partial charge in [0.15, 0.2) is 0 Å². The number of halogens is 3. The molecule has 6 heteroatoms. The summed E-state index contributed by atoms with van der Waals surface area (Å²) in [6.07, 6.45) is -2.05. The number of carbonyl (C=O) groups is 1. The van der Waals surface area contributed by atoms with Crippen molar-refractivity contribution in [2.45, 2.75) is 19.4 Å². The highest BCUT2D eigenvalue weighted by Crippen LogP contribution is 2.28. The fourth-order valence-electron chi connectivity index (χ4n) is 1.33. The summed E-state index contributed by atoms with van der Waals surface area (Å²) >= 11 is 2.88. The van der Waals surface area contributed by atoms with E-state index in [2.05, 4.69) is 20.7 Å². The van der Waals surface area contributed by atoms with Crippen molar-refractivity contribution in [2.24, 2.45) is 0 Å². The van der Waals surface area contributed by atoms with Crippen LogP contribution in [-0.2, 0) is 9.53 Å². The molecule has 3 nitrogen and oxygen atoms in total. The molecule has 1 aromatic carbocycles. The summed E-state index contributed by atoms with van der Waals surface area (Å²) in [4.78, 5) is 11.1. The zero-order valence-electron chi connectivity index (χ0n) is 9.04. The van der Waals surface area contributed by atoms with Crippen LogP contribution < -0.4 is 0 Å². The van der Waals surface area contributed by atoms with Gasteiger partial charge in [-0.3, -0.25) is 4.79 Å². The topological polar surface area (TPSA) is 46.5 Å². The van der Waals surface area contributed by atoms with Gasteiger partial charge in [-0.1, -0.05) is 0 Å². The maximum absolute atomic E-state index is 13.6. The van der Waals surface area contributed by atoms with Gasteiger partial charge in [-0.2, -0.15) is 0 Å². The van der Waals surface area contributed by atoms with Crippen molar-refractivity contribution in [3.63, 3.8) is 0 Å². The molecule has 1 aromatic rings. The predicted octanol–water partition coefficient (Wildman–Crippen LogP) is 2.71. The molecule has 0 heterocycles. The number of aliphatic hydroxyl groups excluding tert-OH is 1. The summed E-state index contributed by atoms with van der Waals surface area (Å²) in [7, 11) is 0. The van der Waals surface area contributed by atoms with Gasteiger partial charge in [0.1, 0.15) is 11.6 Å². The number of carbonyl (C=O) groups excluding carboxylic acids is 1. The molecule has 0 saturated carbocycles. The van der Waals surface area contributed by atoms with Crippen molar-refractivity contribution in [2.75, 3.05) is 6.61 Å². The fraction of sp³-hybridized carbons (Fsp3) is 0.364. The van der Waals surface area contributed by atoms with E-state index in [0.29, 0.717) is 0 Å². The number of rotatable bonds is 4. The molecule has 0 aliphatic rings. The summed E-state index contributed by atoms with van der Waals surface area (Å²) in [5, 5.41) is 9.60. The Balaban J connectivity index is 2.92. The van der Waals surface area contributed by atoms with Gasteiger partial charge < -0.3 is 9.84 Å². The van der Waals surface area contributed by atoms with Gasteiger partial charge in [0.2, 0.25) is 0 Å². The maximum Gasteiger partial charge on any atom is 0.308 e. The summed E-state index contributed by atoms with van der Waals surface area (Å²) in [5.74, 6) is -2.52.